The molecule has 0 saturated carbocycles. The highest BCUT2D eigenvalue weighted by atomic mass is 32.2. The van der Waals surface area contributed by atoms with Crippen LogP contribution in [-0.2, 0) is 25.7 Å². The van der Waals surface area contributed by atoms with E-state index >= 15 is 0 Å². The van der Waals surface area contributed by atoms with Crippen LogP contribution in [0.5, 0.6) is 17.2 Å². The molecule has 0 radical (unpaired) electrons. The molecule has 42 heavy (non-hydrogen) atoms. The van der Waals surface area contributed by atoms with Crippen LogP contribution in [0.1, 0.15) is 40.2 Å². The van der Waals surface area contributed by atoms with E-state index in [1.54, 1.807) is 42.5 Å². The Bertz CT molecular complexity index is 1750. The Morgan fingerprint density at radius 1 is 0.619 bits per heavy atom. The quantitative estimate of drug-likeness (QED) is 0.173. The van der Waals surface area contributed by atoms with Gasteiger partial charge in [-0.05, 0) is 90.6 Å². The Hall–Kier alpha value is -3.90. The minimum Gasteiger partial charge on any atom is -0.508 e. The van der Waals surface area contributed by atoms with Gasteiger partial charge in [-0.3, -0.25) is 9.11 Å². The third-order valence-electron chi connectivity index (χ3n) is 6.08. The van der Waals surface area contributed by atoms with Crippen molar-refractivity contribution in [3.8, 4) is 39.5 Å². The summed E-state index contributed by atoms with van der Waals surface area (Å²) in [4.78, 5) is -0.342. The molecule has 224 valence electrons. The molecule has 4 rings (SSSR count). The summed E-state index contributed by atoms with van der Waals surface area (Å²) >= 11 is 0. The van der Waals surface area contributed by atoms with Crippen LogP contribution in [0, 0.1) is 0 Å². The minimum absolute atomic E-state index is 0.0609. The molecule has 4 aromatic carbocycles. The molecule has 0 amide bonds. The zero-order valence-corrected chi connectivity index (χ0v) is 25.4. The van der Waals surface area contributed by atoms with Crippen LogP contribution in [0.25, 0.3) is 22.3 Å². The zero-order valence-electron chi connectivity index (χ0n) is 23.8. The van der Waals surface area contributed by atoms with Gasteiger partial charge < -0.3 is 14.9 Å². The van der Waals surface area contributed by atoms with Crippen molar-refractivity contribution in [1.29, 1.82) is 0 Å². The van der Waals surface area contributed by atoms with Gasteiger partial charge in [-0.1, -0.05) is 51.1 Å². The molecule has 0 atom stereocenters. The second-order valence-electron chi connectivity index (χ2n) is 10.8. The molecule has 11 heteroatoms. The number of phenols is 2. The van der Waals surface area contributed by atoms with Crippen LogP contribution in [0.3, 0.4) is 0 Å². The Morgan fingerprint density at radius 2 is 1.02 bits per heavy atom. The summed E-state index contributed by atoms with van der Waals surface area (Å²) in [5.74, 6) is 0.668. The van der Waals surface area contributed by atoms with Crippen molar-refractivity contribution in [2.24, 2.45) is 0 Å². The molecule has 0 unspecified atom stereocenters. The maximum absolute atomic E-state index is 11.6. The lowest BCUT2D eigenvalue weighted by atomic mass is 9.85. The smallest absolute Gasteiger partial charge is 0.295 e. The van der Waals surface area contributed by atoms with E-state index in [2.05, 4.69) is 0 Å². The average Bonchev–Trinajstić information content (AvgIpc) is 2.87. The topological polar surface area (TPSA) is 158 Å². The van der Waals surface area contributed by atoms with Gasteiger partial charge in [0.2, 0.25) is 0 Å². The summed E-state index contributed by atoms with van der Waals surface area (Å²) in [5.41, 5.74) is 2.71. The molecule has 0 aliphatic rings. The molecule has 0 saturated heterocycles. The number of rotatable bonds is 6. The molecule has 0 spiro atoms. The van der Waals surface area contributed by atoms with Crippen LogP contribution in [0.15, 0.2) is 94.7 Å². The normalized spacial score (nSPS) is 12.0. The predicted molar refractivity (Wildman–Crippen MR) is 161 cm³/mol. The van der Waals surface area contributed by atoms with Gasteiger partial charge in [-0.15, -0.1) is 0 Å². The molecular formula is C31H34O9S2. The highest BCUT2D eigenvalue weighted by Crippen LogP contribution is 2.34. The number of hydrogen-bond donors (Lipinski definition) is 4. The van der Waals surface area contributed by atoms with E-state index in [1.807, 2.05) is 34.6 Å². The molecule has 4 N–H and O–H groups in total. The van der Waals surface area contributed by atoms with Crippen molar-refractivity contribution in [2.45, 2.75) is 55.9 Å². The lowest BCUT2D eigenvalue weighted by molar-refractivity contribution is 0.242. The molecule has 0 aliphatic carbocycles. The van der Waals surface area contributed by atoms with Crippen molar-refractivity contribution in [1.82, 2.24) is 0 Å². The second kappa shape index (κ2) is 12.5. The average molecular weight is 615 g/mol. The molecule has 0 aromatic heterocycles. The van der Waals surface area contributed by atoms with Crippen LogP contribution in [0.2, 0.25) is 0 Å². The van der Waals surface area contributed by atoms with Gasteiger partial charge >= 0.3 is 0 Å². The lowest BCUT2D eigenvalue weighted by Crippen LogP contribution is -2.12. The first-order chi connectivity index (χ1) is 19.4. The molecule has 0 fully saturated rings. The fourth-order valence-corrected chi connectivity index (χ4v) is 5.42. The lowest BCUT2D eigenvalue weighted by Gasteiger charge is -2.21. The van der Waals surface area contributed by atoms with Gasteiger partial charge in [-0.25, -0.2) is 0 Å². The number of phenolic OH excluding ortho intramolecular Hbond substituents is 2. The van der Waals surface area contributed by atoms with E-state index in [1.165, 1.54) is 42.5 Å². The fourth-order valence-electron chi connectivity index (χ4n) is 4.03. The Balaban J connectivity index is 0.000000230. The minimum atomic E-state index is -4.36. The Labute approximate surface area is 246 Å². The van der Waals surface area contributed by atoms with Gasteiger partial charge in [0.05, 0.1) is 6.10 Å². The Kier molecular flexibility index (Phi) is 9.74. The Morgan fingerprint density at radius 3 is 1.40 bits per heavy atom. The largest absolute Gasteiger partial charge is 0.508 e. The second-order valence-corrected chi connectivity index (χ2v) is 13.6. The number of ether oxygens (including phenoxy) is 1. The van der Waals surface area contributed by atoms with Crippen LogP contribution < -0.4 is 4.74 Å². The summed E-state index contributed by atoms with van der Waals surface area (Å²) in [6.07, 6.45) is -0.0609. The molecule has 9 nitrogen and oxygen atoms in total. The predicted octanol–water partition coefficient (Wildman–Crippen LogP) is 6.70. The summed E-state index contributed by atoms with van der Waals surface area (Å²) in [7, 11) is -8.67. The van der Waals surface area contributed by atoms with Gasteiger partial charge in [-0.2, -0.15) is 16.8 Å². The standard InChI is InChI=1S/C16H18O4S.C15H16O5S/c1-16(2,3)12-6-9-15(21(18,19)20)14(10-12)11-4-7-13(17)8-5-11;1-10(2)20-13-7-8-15(21(17,18)19)14(9-13)11-3-5-12(16)6-4-11/h4-10,17H,1-3H3,(H,18,19,20);3-10,16H,1-2H3,(H,17,18,19). The monoisotopic (exact) mass is 614 g/mol. The van der Waals surface area contributed by atoms with Gasteiger partial charge in [0, 0.05) is 11.1 Å². The van der Waals surface area contributed by atoms with E-state index in [4.69, 9.17) is 4.74 Å². The van der Waals surface area contributed by atoms with E-state index in [0.29, 0.717) is 28.0 Å². The molecule has 0 bridgehead atoms. The fraction of sp³-hybridized carbons (Fsp3) is 0.226. The van der Waals surface area contributed by atoms with Crippen molar-refractivity contribution in [3.05, 3.63) is 90.5 Å². The van der Waals surface area contributed by atoms with Gasteiger partial charge in [0.25, 0.3) is 20.2 Å². The summed E-state index contributed by atoms with van der Waals surface area (Å²) in [6, 6.07) is 21.4. The van der Waals surface area contributed by atoms with Crippen LogP contribution in [-0.4, -0.2) is 42.3 Å². The van der Waals surface area contributed by atoms with Crippen molar-refractivity contribution in [3.63, 3.8) is 0 Å². The summed E-state index contributed by atoms with van der Waals surface area (Å²) in [6.45, 7) is 9.79. The number of aromatic hydroxyl groups is 2. The highest BCUT2D eigenvalue weighted by Gasteiger charge is 2.21. The van der Waals surface area contributed by atoms with Crippen LogP contribution in [0.4, 0.5) is 0 Å². The maximum atomic E-state index is 11.6. The van der Waals surface area contributed by atoms with E-state index in [-0.39, 0.29) is 32.8 Å². The van der Waals surface area contributed by atoms with Crippen molar-refractivity contribution in [2.75, 3.05) is 0 Å². The molecule has 0 aliphatic heterocycles. The SMILES string of the molecule is CC(C)(C)c1ccc(S(=O)(=O)O)c(-c2ccc(O)cc2)c1.CC(C)Oc1ccc(S(=O)(=O)O)c(-c2ccc(O)cc2)c1. The first-order valence-corrected chi connectivity index (χ1v) is 15.7. The van der Waals surface area contributed by atoms with E-state index in [9.17, 15) is 36.2 Å². The zero-order chi connectivity index (χ0) is 31.5. The van der Waals surface area contributed by atoms with Gasteiger partial charge in [0.1, 0.15) is 27.0 Å². The molecular weight excluding hydrogens is 580 g/mol. The highest BCUT2D eigenvalue weighted by molar-refractivity contribution is 7.86. The first kappa shape index (κ1) is 32.6. The maximum Gasteiger partial charge on any atom is 0.295 e. The first-order valence-electron chi connectivity index (χ1n) is 12.9. The van der Waals surface area contributed by atoms with E-state index in [0.717, 1.165) is 5.56 Å². The van der Waals surface area contributed by atoms with Crippen LogP contribution >= 0.6 is 0 Å². The van der Waals surface area contributed by atoms with Gasteiger partial charge in [0.15, 0.2) is 0 Å². The molecule has 0 heterocycles. The van der Waals surface area contributed by atoms with Crippen molar-refractivity contribution >= 4 is 20.2 Å². The van der Waals surface area contributed by atoms with E-state index < -0.39 is 20.2 Å². The number of benzene rings is 4. The summed E-state index contributed by atoms with van der Waals surface area (Å²) < 4.78 is 70.4. The third-order valence-corrected chi connectivity index (χ3v) is 7.90. The van der Waals surface area contributed by atoms with Crippen molar-refractivity contribution < 1.29 is 40.9 Å². The third kappa shape index (κ3) is 8.56. The molecule has 4 aromatic rings. The summed E-state index contributed by atoms with van der Waals surface area (Å²) in [5, 5.41) is 18.7. The number of hydrogen-bond acceptors (Lipinski definition) is 7.